The van der Waals surface area contributed by atoms with Crippen molar-refractivity contribution in [1.82, 2.24) is 15.5 Å². The van der Waals surface area contributed by atoms with Crippen molar-refractivity contribution in [1.29, 1.82) is 0 Å². The zero-order valence-corrected chi connectivity index (χ0v) is 19.0. The van der Waals surface area contributed by atoms with Gasteiger partial charge in [-0.25, -0.2) is 4.99 Å². The minimum Gasteiger partial charge on any atom is -0.489 e. The molecule has 0 spiro atoms. The molecule has 0 saturated heterocycles. The number of halogens is 1. The van der Waals surface area contributed by atoms with Gasteiger partial charge in [0, 0.05) is 33.6 Å². The van der Waals surface area contributed by atoms with Crippen molar-refractivity contribution in [2.45, 2.75) is 45.6 Å². The lowest BCUT2D eigenvalue weighted by molar-refractivity contribution is -0.138. The minimum absolute atomic E-state index is 0.193. The molecule has 0 unspecified atom stereocenters. The molecular weight excluding hydrogens is 404 g/mol. The summed E-state index contributed by atoms with van der Waals surface area (Å²) in [5.74, 6) is 2.17. The molecule has 1 aliphatic heterocycles. The fraction of sp³-hybridized carbons (Fsp3) is 0.636. The summed E-state index contributed by atoms with van der Waals surface area (Å²) in [6.45, 7) is 5.01. The number of carbonyl (C=O) groups excluding carboxylic acids is 1. The Labute approximate surface area is 184 Å². The van der Waals surface area contributed by atoms with Crippen LogP contribution in [0.15, 0.2) is 17.1 Å². The van der Waals surface area contributed by atoms with Gasteiger partial charge < -0.3 is 25.0 Å². The Morgan fingerprint density at radius 1 is 1.17 bits per heavy atom. The number of benzene rings is 1. The van der Waals surface area contributed by atoms with Crippen molar-refractivity contribution in [3.63, 3.8) is 0 Å². The van der Waals surface area contributed by atoms with Crippen LogP contribution in [-0.2, 0) is 11.3 Å². The Hall–Kier alpha value is -2.15. The standard InChI is InChI=1S/C22H33ClN4O3/c1-4-24-21(26-15-22(8-5-6-9-22)20(28)27(2)3)25-14-16-12-17(23)19-18(13-16)29-10-7-11-30-19/h12-13H,4-11,14-15H2,1-3H3,(H2,24,25,26). The number of amides is 1. The van der Waals surface area contributed by atoms with Crippen molar-refractivity contribution in [2.75, 3.05) is 40.4 Å². The first-order valence-electron chi connectivity index (χ1n) is 10.8. The molecule has 166 valence electrons. The van der Waals surface area contributed by atoms with E-state index in [2.05, 4.69) is 10.6 Å². The topological polar surface area (TPSA) is 75.2 Å². The van der Waals surface area contributed by atoms with Crippen LogP contribution in [0, 0.1) is 5.41 Å². The van der Waals surface area contributed by atoms with Crippen molar-refractivity contribution in [2.24, 2.45) is 10.4 Å². The lowest BCUT2D eigenvalue weighted by atomic mass is 9.84. The Kier molecular flexibility index (Phi) is 7.69. The largest absolute Gasteiger partial charge is 0.489 e. The highest BCUT2D eigenvalue weighted by Crippen LogP contribution is 2.39. The summed E-state index contributed by atoms with van der Waals surface area (Å²) in [6, 6.07) is 3.81. The highest BCUT2D eigenvalue weighted by molar-refractivity contribution is 6.32. The van der Waals surface area contributed by atoms with Gasteiger partial charge in [-0.1, -0.05) is 24.4 Å². The van der Waals surface area contributed by atoms with Gasteiger partial charge >= 0.3 is 0 Å². The Bertz CT molecular complexity index is 776. The van der Waals surface area contributed by atoms with E-state index in [1.807, 2.05) is 33.2 Å². The van der Waals surface area contributed by atoms with Gasteiger partial charge in [-0.2, -0.15) is 0 Å². The smallest absolute Gasteiger partial charge is 0.230 e. The maximum atomic E-state index is 12.8. The van der Waals surface area contributed by atoms with Crippen LogP contribution < -0.4 is 20.1 Å². The Morgan fingerprint density at radius 2 is 1.90 bits per heavy atom. The normalized spacial score (nSPS) is 17.9. The number of guanidine groups is 1. The summed E-state index contributed by atoms with van der Waals surface area (Å²) >= 11 is 6.40. The summed E-state index contributed by atoms with van der Waals surface area (Å²) in [5.41, 5.74) is 0.597. The van der Waals surface area contributed by atoms with Crippen molar-refractivity contribution < 1.29 is 14.3 Å². The molecule has 7 nitrogen and oxygen atoms in total. The van der Waals surface area contributed by atoms with Crippen LogP contribution in [0.4, 0.5) is 0 Å². The van der Waals surface area contributed by atoms with E-state index in [9.17, 15) is 4.79 Å². The SMILES string of the molecule is CCNC(=NCc1cc(Cl)c2c(c1)OCCCO2)NCC1(C(=O)N(C)C)CCCC1. The zero-order valence-electron chi connectivity index (χ0n) is 18.2. The van der Waals surface area contributed by atoms with Crippen molar-refractivity contribution >= 4 is 23.5 Å². The first kappa shape index (κ1) is 22.5. The monoisotopic (exact) mass is 436 g/mol. The average molecular weight is 437 g/mol. The fourth-order valence-corrected chi connectivity index (χ4v) is 4.42. The van der Waals surface area contributed by atoms with Crippen LogP contribution in [-0.4, -0.2) is 57.2 Å². The molecule has 2 aliphatic rings. The van der Waals surface area contributed by atoms with Crippen LogP contribution in [0.1, 0.15) is 44.6 Å². The maximum Gasteiger partial charge on any atom is 0.230 e. The maximum absolute atomic E-state index is 12.8. The second-order valence-corrected chi connectivity index (χ2v) is 8.60. The number of hydrogen-bond acceptors (Lipinski definition) is 4. The third kappa shape index (κ3) is 5.31. The van der Waals surface area contributed by atoms with Crippen LogP contribution in [0.3, 0.4) is 0 Å². The van der Waals surface area contributed by atoms with E-state index >= 15 is 0 Å². The molecule has 0 aromatic heterocycles. The molecule has 8 heteroatoms. The van der Waals surface area contributed by atoms with E-state index < -0.39 is 0 Å². The van der Waals surface area contributed by atoms with Gasteiger partial charge in [-0.05, 0) is 37.5 Å². The van der Waals surface area contributed by atoms with Crippen molar-refractivity contribution in [3.05, 3.63) is 22.7 Å². The second kappa shape index (κ2) is 10.2. The molecule has 0 radical (unpaired) electrons. The van der Waals surface area contributed by atoms with E-state index in [1.54, 1.807) is 4.90 Å². The molecule has 1 saturated carbocycles. The van der Waals surface area contributed by atoms with E-state index in [4.69, 9.17) is 26.1 Å². The number of hydrogen-bond donors (Lipinski definition) is 2. The quantitative estimate of drug-likeness (QED) is 0.529. The molecule has 3 rings (SSSR count). The summed E-state index contributed by atoms with van der Waals surface area (Å²) < 4.78 is 11.5. The molecular formula is C22H33ClN4O3. The fourth-order valence-electron chi connectivity index (χ4n) is 4.13. The van der Waals surface area contributed by atoms with Crippen LogP contribution in [0.25, 0.3) is 0 Å². The highest BCUT2D eigenvalue weighted by Gasteiger charge is 2.42. The first-order chi connectivity index (χ1) is 14.4. The van der Waals surface area contributed by atoms with Crippen LogP contribution in [0.2, 0.25) is 5.02 Å². The van der Waals surface area contributed by atoms with Crippen LogP contribution in [0.5, 0.6) is 11.5 Å². The predicted octanol–water partition coefficient (Wildman–Crippen LogP) is 3.21. The Morgan fingerprint density at radius 3 is 2.60 bits per heavy atom. The van der Waals surface area contributed by atoms with Gasteiger partial charge in [0.15, 0.2) is 17.5 Å². The molecule has 1 aromatic carbocycles. The molecule has 0 bridgehead atoms. The van der Waals surface area contributed by atoms with Gasteiger partial charge in [0.2, 0.25) is 5.91 Å². The molecule has 1 fully saturated rings. The lowest BCUT2D eigenvalue weighted by Gasteiger charge is -2.31. The minimum atomic E-state index is -0.349. The van der Waals surface area contributed by atoms with Gasteiger partial charge in [-0.15, -0.1) is 0 Å². The molecule has 30 heavy (non-hydrogen) atoms. The van der Waals surface area contributed by atoms with E-state index in [-0.39, 0.29) is 11.3 Å². The van der Waals surface area contributed by atoms with Gasteiger partial charge in [0.1, 0.15) is 0 Å². The first-order valence-corrected chi connectivity index (χ1v) is 11.1. The summed E-state index contributed by atoms with van der Waals surface area (Å²) in [4.78, 5) is 19.2. The van der Waals surface area contributed by atoms with E-state index in [0.717, 1.165) is 44.2 Å². The lowest BCUT2D eigenvalue weighted by Crippen LogP contribution is -2.49. The summed E-state index contributed by atoms with van der Waals surface area (Å²) in [5, 5.41) is 7.21. The molecule has 1 heterocycles. The number of ether oxygens (including phenoxy) is 2. The third-order valence-electron chi connectivity index (χ3n) is 5.64. The highest BCUT2D eigenvalue weighted by atomic mass is 35.5. The van der Waals surface area contributed by atoms with Gasteiger partial charge in [0.25, 0.3) is 0 Å². The van der Waals surface area contributed by atoms with Crippen LogP contribution >= 0.6 is 11.6 Å². The van der Waals surface area contributed by atoms with Crippen molar-refractivity contribution in [3.8, 4) is 11.5 Å². The Balaban J connectivity index is 1.71. The average Bonchev–Trinajstić information content (AvgIpc) is 3.08. The number of rotatable bonds is 6. The number of carbonyl (C=O) groups is 1. The molecule has 1 aliphatic carbocycles. The number of fused-ring (bicyclic) bond motifs is 1. The molecule has 0 atom stereocenters. The molecule has 1 aromatic rings. The van der Waals surface area contributed by atoms with E-state index in [0.29, 0.717) is 48.8 Å². The number of nitrogens with one attached hydrogen (secondary N) is 2. The third-order valence-corrected chi connectivity index (χ3v) is 5.92. The number of aliphatic imine (C=N–C) groups is 1. The zero-order chi connectivity index (χ0) is 21.6. The van der Waals surface area contributed by atoms with Gasteiger partial charge in [0.05, 0.1) is 30.2 Å². The summed E-state index contributed by atoms with van der Waals surface area (Å²) in [7, 11) is 3.66. The van der Waals surface area contributed by atoms with Gasteiger partial charge in [-0.3, -0.25) is 4.79 Å². The number of nitrogens with zero attached hydrogens (tertiary/aromatic N) is 2. The second-order valence-electron chi connectivity index (χ2n) is 8.19. The molecule has 2 N–H and O–H groups in total. The summed E-state index contributed by atoms with van der Waals surface area (Å²) in [6.07, 6.45) is 4.83. The predicted molar refractivity (Wildman–Crippen MR) is 119 cm³/mol. The molecule has 1 amide bonds. The van der Waals surface area contributed by atoms with E-state index in [1.165, 1.54) is 0 Å².